The summed E-state index contributed by atoms with van der Waals surface area (Å²) in [6, 6.07) is 17.5. The Bertz CT molecular complexity index is 1240. The Morgan fingerprint density at radius 3 is 2.31 bits per heavy atom. The lowest BCUT2D eigenvalue weighted by atomic mass is 9.95. The predicted octanol–water partition coefficient (Wildman–Crippen LogP) is 6.01. The average Bonchev–Trinajstić information content (AvgIpc) is 3.34. The highest BCUT2D eigenvalue weighted by Crippen LogP contribution is 2.50. The number of halogens is 1. The van der Waals surface area contributed by atoms with E-state index in [0.717, 1.165) is 33.9 Å². The van der Waals surface area contributed by atoms with Gasteiger partial charge in [0.05, 0.1) is 39.7 Å². The number of hydrogen-bond donors (Lipinski definition) is 0. The van der Waals surface area contributed by atoms with Crippen molar-refractivity contribution in [3.63, 3.8) is 0 Å². The van der Waals surface area contributed by atoms with Crippen LogP contribution in [0.1, 0.15) is 42.3 Å². The van der Waals surface area contributed by atoms with Crippen molar-refractivity contribution in [1.29, 1.82) is 0 Å². The van der Waals surface area contributed by atoms with Crippen LogP contribution in [0.5, 0.6) is 28.7 Å². The van der Waals surface area contributed by atoms with Crippen LogP contribution in [0.4, 0.5) is 0 Å². The molecule has 0 radical (unpaired) electrons. The van der Waals surface area contributed by atoms with Crippen LogP contribution in [-0.2, 0) is 0 Å². The summed E-state index contributed by atoms with van der Waals surface area (Å²) in [5.74, 6) is 3.25. The molecule has 0 N–H and O–H groups in total. The number of ether oxygens (including phenoxy) is 5. The van der Waals surface area contributed by atoms with Gasteiger partial charge in [0.25, 0.3) is 0 Å². The first-order valence-electron chi connectivity index (χ1n) is 11.4. The third-order valence-corrected chi connectivity index (χ3v) is 6.46. The van der Waals surface area contributed by atoms with E-state index < -0.39 is 6.23 Å². The lowest BCUT2D eigenvalue weighted by Crippen LogP contribution is -2.33. The minimum Gasteiger partial charge on any atom is -0.494 e. The maximum atomic E-state index is 6.48. The number of hydrazone groups is 1. The number of nitrogens with zero attached hydrogens (tertiary/aromatic N) is 2. The highest BCUT2D eigenvalue weighted by atomic mass is 35.5. The zero-order chi connectivity index (χ0) is 24.5. The van der Waals surface area contributed by atoms with E-state index in [4.69, 9.17) is 40.4 Å². The monoisotopic (exact) mass is 494 g/mol. The number of benzene rings is 3. The Morgan fingerprint density at radius 1 is 0.971 bits per heavy atom. The van der Waals surface area contributed by atoms with Gasteiger partial charge in [-0.1, -0.05) is 11.6 Å². The maximum absolute atomic E-state index is 6.48. The van der Waals surface area contributed by atoms with Gasteiger partial charge >= 0.3 is 0 Å². The molecule has 5 rings (SSSR count). The smallest absolute Gasteiger partial charge is 0.214 e. The number of rotatable bonds is 7. The van der Waals surface area contributed by atoms with Crippen molar-refractivity contribution in [1.82, 2.24) is 5.01 Å². The van der Waals surface area contributed by atoms with E-state index in [1.807, 2.05) is 66.5 Å². The van der Waals surface area contributed by atoms with Crippen molar-refractivity contribution >= 4 is 17.3 Å². The largest absolute Gasteiger partial charge is 0.494 e. The molecular formula is C27H27ClN2O5. The first kappa shape index (κ1) is 23.2. The topological polar surface area (TPSA) is 61.8 Å². The summed E-state index contributed by atoms with van der Waals surface area (Å²) in [6.45, 7) is 2.60. The van der Waals surface area contributed by atoms with Gasteiger partial charge in [-0.3, -0.25) is 0 Å². The molecule has 3 aromatic carbocycles. The molecule has 0 aliphatic carbocycles. The predicted molar refractivity (Wildman–Crippen MR) is 134 cm³/mol. The second-order valence-corrected chi connectivity index (χ2v) is 8.65. The minimum absolute atomic E-state index is 0.0388. The quantitative estimate of drug-likeness (QED) is 0.401. The zero-order valence-corrected chi connectivity index (χ0v) is 20.8. The summed E-state index contributed by atoms with van der Waals surface area (Å²) >= 11 is 6.36. The van der Waals surface area contributed by atoms with E-state index in [0.29, 0.717) is 35.3 Å². The van der Waals surface area contributed by atoms with Crippen molar-refractivity contribution in [2.75, 3.05) is 27.9 Å². The van der Waals surface area contributed by atoms with Gasteiger partial charge < -0.3 is 23.7 Å². The molecule has 2 aliphatic heterocycles. The van der Waals surface area contributed by atoms with Gasteiger partial charge in [0.15, 0.2) is 11.5 Å². The van der Waals surface area contributed by atoms with Crippen LogP contribution < -0.4 is 23.7 Å². The lowest BCUT2D eigenvalue weighted by Gasteiger charge is -2.38. The van der Waals surface area contributed by atoms with Crippen molar-refractivity contribution < 1.29 is 23.7 Å². The van der Waals surface area contributed by atoms with E-state index in [2.05, 4.69) is 0 Å². The Morgan fingerprint density at radius 2 is 1.69 bits per heavy atom. The molecule has 0 bridgehead atoms. The normalized spacial score (nSPS) is 18.2. The molecule has 8 heteroatoms. The fourth-order valence-electron chi connectivity index (χ4n) is 4.61. The minimum atomic E-state index is -0.498. The van der Waals surface area contributed by atoms with Crippen LogP contribution in [0.25, 0.3) is 0 Å². The van der Waals surface area contributed by atoms with Crippen LogP contribution in [0.2, 0.25) is 5.02 Å². The molecule has 0 fully saturated rings. The van der Waals surface area contributed by atoms with Crippen LogP contribution in [0.15, 0.2) is 59.7 Å². The molecule has 35 heavy (non-hydrogen) atoms. The molecule has 182 valence electrons. The van der Waals surface area contributed by atoms with Gasteiger partial charge in [-0.2, -0.15) is 5.10 Å². The Labute approximate surface area is 209 Å². The highest BCUT2D eigenvalue weighted by Gasteiger charge is 2.41. The summed E-state index contributed by atoms with van der Waals surface area (Å²) < 4.78 is 28.7. The SMILES string of the molecule is CCOc1ccc(C2=NN3[C@H](C2)c2cc(Cl)ccc2O[C@H]3c2cc(OC)c(OC)c(OC)c2)cc1. The third kappa shape index (κ3) is 4.21. The number of methoxy groups -OCH3 is 3. The third-order valence-electron chi connectivity index (χ3n) is 6.22. The summed E-state index contributed by atoms with van der Waals surface area (Å²) in [5.41, 5.74) is 3.84. The maximum Gasteiger partial charge on any atom is 0.214 e. The van der Waals surface area contributed by atoms with Crippen molar-refractivity contribution in [2.45, 2.75) is 25.6 Å². The fourth-order valence-corrected chi connectivity index (χ4v) is 4.79. The molecule has 2 aliphatic rings. The van der Waals surface area contributed by atoms with E-state index >= 15 is 0 Å². The summed E-state index contributed by atoms with van der Waals surface area (Å²) in [7, 11) is 4.78. The summed E-state index contributed by atoms with van der Waals surface area (Å²) in [5, 5.41) is 7.68. The van der Waals surface area contributed by atoms with Crippen molar-refractivity contribution in [3.8, 4) is 28.7 Å². The molecule has 0 amide bonds. The molecule has 0 saturated carbocycles. The molecule has 0 saturated heterocycles. The van der Waals surface area contributed by atoms with Crippen LogP contribution in [0, 0.1) is 0 Å². The zero-order valence-electron chi connectivity index (χ0n) is 20.1. The standard InChI is InChI=1S/C27H27ClN2O5/c1-5-34-19-9-6-16(7-10-19)21-15-22-20-14-18(28)8-11-23(20)35-27(30(22)29-21)17-12-24(31-2)26(33-4)25(13-17)32-3/h6-14,22,27H,5,15H2,1-4H3/t22-,27+/m1/s1. The molecule has 0 spiro atoms. The first-order valence-corrected chi connectivity index (χ1v) is 11.8. The Hall–Kier alpha value is -3.58. The fraction of sp³-hybridized carbons (Fsp3) is 0.296. The molecule has 3 aromatic rings. The first-order chi connectivity index (χ1) is 17.1. The summed E-state index contributed by atoms with van der Waals surface area (Å²) in [4.78, 5) is 0. The number of hydrogen-bond acceptors (Lipinski definition) is 7. The highest BCUT2D eigenvalue weighted by molar-refractivity contribution is 6.30. The van der Waals surface area contributed by atoms with Crippen LogP contribution in [-0.4, -0.2) is 38.7 Å². The molecule has 7 nitrogen and oxygen atoms in total. The second kappa shape index (κ2) is 9.58. The second-order valence-electron chi connectivity index (χ2n) is 8.22. The van der Waals surface area contributed by atoms with Gasteiger partial charge in [0.1, 0.15) is 11.5 Å². The van der Waals surface area contributed by atoms with Gasteiger partial charge in [0, 0.05) is 22.6 Å². The van der Waals surface area contributed by atoms with Crippen LogP contribution in [0.3, 0.4) is 0 Å². The number of fused-ring (bicyclic) bond motifs is 3. The van der Waals surface area contributed by atoms with Crippen molar-refractivity contribution in [3.05, 3.63) is 76.3 Å². The van der Waals surface area contributed by atoms with E-state index in [-0.39, 0.29) is 6.04 Å². The van der Waals surface area contributed by atoms with Gasteiger partial charge in [-0.05, 0) is 67.1 Å². The Balaban J connectivity index is 1.59. The lowest BCUT2D eigenvalue weighted by molar-refractivity contribution is -0.0192. The van der Waals surface area contributed by atoms with Crippen LogP contribution >= 0.6 is 11.6 Å². The van der Waals surface area contributed by atoms with E-state index in [1.165, 1.54) is 0 Å². The van der Waals surface area contributed by atoms with E-state index in [1.54, 1.807) is 21.3 Å². The molecule has 0 unspecified atom stereocenters. The van der Waals surface area contributed by atoms with Gasteiger partial charge in [-0.15, -0.1) is 0 Å². The molecule has 0 aromatic heterocycles. The Kier molecular flexibility index (Phi) is 6.34. The molecule has 2 atom stereocenters. The molecule has 2 heterocycles. The molecular weight excluding hydrogens is 468 g/mol. The average molecular weight is 495 g/mol. The van der Waals surface area contributed by atoms with E-state index in [9.17, 15) is 0 Å². The summed E-state index contributed by atoms with van der Waals surface area (Å²) in [6.07, 6.45) is 0.216. The van der Waals surface area contributed by atoms with Gasteiger partial charge in [-0.25, -0.2) is 5.01 Å². The van der Waals surface area contributed by atoms with Crippen molar-refractivity contribution in [2.24, 2.45) is 5.10 Å². The van der Waals surface area contributed by atoms with Gasteiger partial charge in [0.2, 0.25) is 12.0 Å².